The van der Waals surface area contributed by atoms with Crippen molar-refractivity contribution < 1.29 is 9.53 Å². The van der Waals surface area contributed by atoms with Crippen molar-refractivity contribution in [2.75, 3.05) is 23.0 Å². The Hall–Kier alpha value is -3.09. The molecule has 128 valence electrons. The number of carbonyl (C=O) groups excluding carboxylic acids is 1. The van der Waals surface area contributed by atoms with E-state index in [-0.39, 0.29) is 11.9 Å². The van der Waals surface area contributed by atoms with Crippen molar-refractivity contribution in [3.63, 3.8) is 0 Å². The summed E-state index contributed by atoms with van der Waals surface area (Å²) in [4.78, 5) is 20.6. The molecule has 2 aliphatic rings. The summed E-state index contributed by atoms with van der Waals surface area (Å²) in [6, 6.07) is 10.2. The molecule has 1 aliphatic carbocycles. The molecule has 1 aromatic carbocycles. The molecule has 0 bridgehead atoms. The smallest absolute Gasteiger partial charge is 0.412 e. The van der Waals surface area contributed by atoms with Gasteiger partial charge in [-0.1, -0.05) is 24.3 Å². The van der Waals surface area contributed by atoms with Gasteiger partial charge in [0, 0.05) is 11.6 Å². The van der Waals surface area contributed by atoms with Crippen LogP contribution in [0.1, 0.15) is 24.5 Å². The lowest BCUT2D eigenvalue weighted by Gasteiger charge is -2.32. The van der Waals surface area contributed by atoms with Crippen LogP contribution < -0.4 is 16.4 Å². The van der Waals surface area contributed by atoms with E-state index in [1.807, 2.05) is 12.1 Å². The molecular weight excluding hydrogens is 318 g/mol. The first-order valence-corrected chi connectivity index (χ1v) is 8.33. The first-order chi connectivity index (χ1) is 12.2. The molecule has 1 atom stereocenters. The Balaban J connectivity index is 1.72. The molecule has 0 saturated heterocycles. The number of benzene rings is 1. The highest BCUT2D eigenvalue weighted by molar-refractivity contribution is 6.12. The van der Waals surface area contributed by atoms with Crippen LogP contribution in [0.5, 0.6) is 0 Å². The van der Waals surface area contributed by atoms with Gasteiger partial charge in [0.05, 0.1) is 24.0 Å². The van der Waals surface area contributed by atoms with Crippen molar-refractivity contribution in [3.05, 3.63) is 41.5 Å². The molecule has 4 rings (SSSR count). The van der Waals surface area contributed by atoms with Gasteiger partial charge in [0.25, 0.3) is 0 Å². The number of pyridine rings is 1. The van der Waals surface area contributed by atoms with E-state index in [2.05, 4.69) is 27.8 Å². The minimum Gasteiger partial charge on any atom is -0.450 e. The van der Waals surface area contributed by atoms with Gasteiger partial charge in [-0.15, -0.1) is 0 Å². The van der Waals surface area contributed by atoms with E-state index in [4.69, 9.17) is 15.5 Å². The lowest BCUT2D eigenvalue weighted by atomic mass is 9.85. The number of nitrogens with one attached hydrogen (secondary N) is 2. The number of amides is 1. The molecule has 0 radical (unpaired) electrons. The van der Waals surface area contributed by atoms with Gasteiger partial charge >= 0.3 is 6.09 Å². The summed E-state index contributed by atoms with van der Waals surface area (Å²) >= 11 is 0. The average molecular weight is 337 g/mol. The van der Waals surface area contributed by atoms with Crippen molar-refractivity contribution in [2.45, 2.75) is 25.8 Å². The van der Waals surface area contributed by atoms with E-state index >= 15 is 0 Å². The highest BCUT2D eigenvalue weighted by atomic mass is 16.5. The Kier molecular flexibility index (Phi) is 3.76. The molecule has 7 heteroatoms. The third-order valence-corrected chi connectivity index (χ3v) is 4.41. The zero-order chi connectivity index (χ0) is 17.4. The van der Waals surface area contributed by atoms with Crippen molar-refractivity contribution in [2.24, 2.45) is 4.99 Å². The number of ether oxygens (including phenoxy) is 1. The Labute approximate surface area is 145 Å². The van der Waals surface area contributed by atoms with Gasteiger partial charge in [-0.3, -0.25) is 5.32 Å². The van der Waals surface area contributed by atoms with Gasteiger partial charge < -0.3 is 15.8 Å². The van der Waals surface area contributed by atoms with E-state index < -0.39 is 6.09 Å². The van der Waals surface area contributed by atoms with Gasteiger partial charge in [-0.2, -0.15) is 0 Å². The van der Waals surface area contributed by atoms with Crippen LogP contribution in [0.15, 0.2) is 35.3 Å². The van der Waals surface area contributed by atoms with Crippen LogP contribution in [0.3, 0.4) is 0 Å². The SMILES string of the molecule is CCOC(=O)Nc1cc2c(c(N)n1)N=C1c3ccccc3CCC1N2. The normalized spacial score (nSPS) is 17.3. The first kappa shape index (κ1) is 15.4. The number of carbonyl (C=O) groups is 1. The number of rotatable bonds is 2. The fourth-order valence-electron chi connectivity index (χ4n) is 3.32. The molecule has 1 aromatic heterocycles. The number of aryl methyl sites for hydroxylation is 1. The van der Waals surface area contributed by atoms with Crippen molar-refractivity contribution >= 4 is 34.8 Å². The van der Waals surface area contributed by atoms with Crippen LogP contribution in [0, 0.1) is 0 Å². The molecule has 1 amide bonds. The standard InChI is InChI=1S/C18H19N5O2/c1-2-25-18(24)22-14-9-13-16(17(19)21-14)23-15-11-6-4-3-5-10(11)7-8-12(15)20-13/h3-6,9,12,20H,2,7-8H2,1H3,(H3,19,21,22,24). The number of anilines is 3. The summed E-state index contributed by atoms with van der Waals surface area (Å²) in [5.41, 5.74) is 10.9. The van der Waals surface area contributed by atoms with Crippen LogP contribution in [0.4, 0.5) is 27.8 Å². The second-order valence-corrected chi connectivity index (χ2v) is 6.02. The maximum Gasteiger partial charge on any atom is 0.412 e. The number of fused-ring (bicyclic) bond motifs is 4. The summed E-state index contributed by atoms with van der Waals surface area (Å²) in [5.74, 6) is 0.614. The molecule has 0 spiro atoms. The molecular formula is C18H19N5O2. The Morgan fingerprint density at radius 3 is 3.12 bits per heavy atom. The number of hydrogen-bond acceptors (Lipinski definition) is 6. The number of nitrogen functional groups attached to an aromatic ring is 1. The molecule has 1 unspecified atom stereocenters. The zero-order valence-corrected chi connectivity index (χ0v) is 13.9. The van der Waals surface area contributed by atoms with E-state index in [1.165, 1.54) is 5.56 Å². The average Bonchev–Trinajstić information content (AvgIpc) is 2.60. The number of hydrogen-bond donors (Lipinski definition) is 3. The summed E-state index contributed by atoms with van der Waals surface area (Å²) in [6.07, 6.45) is 1.40. The topological polar surface area (TPSA) is 102 Å². The van der Waals surface area contributed by atoms with E-state index in [9.17, 15) is 4.79 Å². The van der Waals surface area contributed by atoms with Crippen molar-refractivity contribution in [1.29, 1.82) is 0 Å². The third kappa shape index (κ3) is 2.77. The van der Waals surface area contributed by atoms with Crippen LogP contribution in [-0.2, 0) is 11.2 Å². The minimum absolute atomic E-state index is 0.125. The second-order valence-electron chi connectivity index (χ2n) is 6.02. The van der Waals surface area contributed by atoms with Gasteiger partial charge in [0.1, 0.15) is 11.5 Å². The molecule has 0 fully saturated rings. The number of nitrogens with two attached hydrogens (primary N) is 1. The maximum absolute atomic E-state index is 11.6. The Bertz CT molecular complexity index is 878. The predicted octanol–water partition coefficient (Wildman–Crippen LogP) is 3.09. The van der Waals surface area contributed by atoms with Gasteiger partial charge in [0.2, 0.25) is 0 Å². The molecule has 2 heterocycles. The van der Waals surface area contributed by atoms with E-state index in [1.54, 1.807) is 13.0 Å². The fourth-order valence-corrected chi connectivity index (χ4v) is 3.32. The van der Waals surface area contributed by atoms with Gasteiger partial charge in [-0.25, -0.2) is 14.8 Å². The largest absolute Gasteiger partial charge is 0.450 e. The number of aromatic nitrogens is 1. The summed E-state index contributed by atoms with van der Waals surface area (Å²) < 4.78 is 4.88. The summed E-state index contributed by atoms with van der Waals surface area (Å²) in [5, 5.41) is 6.06. The fraction of sp³-hybridized carbons (Fsp3) is 0.278. The first-order valence-electron chi connectivity index (χ1n) is 8.33. The van der Waals surface area contributed by atoms with Crippen molar-refractivity contribution in [1.82, 2.24) is 4.98 Å². The van der Waals surface area contributed by atoms with Crippen molar-refractivity contribution in [3.8, 4) is 0 Å². The number of aliphatic imine (C=N–C) groups is 1. The van der Waals surface area contributed by atoms with Crippen LogP contribution in [-0.4, -0.2) is 29.4 Å². The molecule has 2 aromatic rings. The third-order valence-electron chi connectivity index (χ3n) is 4.41. The Morgan fingerprint density at radius 1 is 1.44 bits per heavy atom. The zero-order valence-electron chi connectivity index (χ0n) is 13.9. The van der Waals surface area contributed by atoms with Crippen LogP contribution in [0.25, 0.3) is 0 Å². The predicted molar refractivity (Wildman–Crippen MR) is 97.7 cm³/mol. The highest BCUT2D eigenvalue weighted by Gasteiger charge is 2.30. The lowest BCUT2D eigenvalue weighted by Crippen LogP contribution is -2.37. The Morgan fingerprint density at radius 2 is 2.28 bits per heavy atom. The minimum atomic E-state index is -0.555. The van der Waals surface area contributed by atoms with E-state index in [0.29, 0.717) is 18.1 Å². The summed E-state index contributed by atoms with van der Waals surface area (Å²) in [7, 11) is 0. The summed E-state index contributed by atoms with van der Waals surface area (Å²) in [6.45, 7) is 2.03. The molecule has 0 saturated carbocycles. The second kappa shape index (κ2) is 6.08. The van der Waals surface area contributed by atoms with Crippen LogP contribution in [0.2, 0.25) is 0 Å². The highest BCUT2D eigenvalue weighted by Crippen LogP contribution is 2.39. The number of nitrogens with zero attached hydrogens (tertiary/aromatic N) is 2. The molecule has 25 heavy (non-hydrogen) atoms. The lowest BCUT2D eigenvalue weighted by molar-refractivity contribution is 0.168. The molecule has 7 nitrogen and oxygen atoms in total. The van der Waals surface area contributed by atoms with Gasteiger partial charge in [0.15, 0.2) is 5.82 Å². The van der Waals surface area contributed by atoms with Gasteiger partial charge in [-0.05, 0) is 25.3 Å². The van der Waals surface area contributed by atoms with Crippen LogP contribution >= 0.6 is 0 Å². The maximum atomic E-state index is 11.6. The molecule has 1 aliphatic heterocycles. The monoisotopic (exact) mass is 337 g/mol. The molecule has 4 N–H and O–H groups in total. The quantitative estimate of drug-likeness (QED) is 0.781. The van der Waals surface area contributed by atoms with E-state index in [0.717, 1.165) is 29.8 Å².